The van der Waals surface area contributed by atoms with Crippen molar-refractivity contribution in [2.75, 3.05) is 4.72 Å². The number of nitrogens with one attached hydrogen (secondary N) is 1. The van der Waals surface area contributed by atoms with Crippen molar-refractivity contribution >= 4 is 33.1 Å². The van der Waals surface area contributed by atoms with Crippen LogP contribution in [-0.4, -0.2) is 23.1 Å². The molecule has 1 heterocycles. The first-order valence-electron chi connectivity index (χ1n) is 5.26. The summed E-state index contributed by atoms with van der Waals surface area (Å²) in [6.45, 7) is 0. The van der Waals surface area contributed by atoms with Gasteiger partial charge in [0.05, 0.1) is 9.82 Å². The highest BCUT2D eigenvalue weighted by Gasteiger charge is 2.21. The second kappa shape index (κ2) is 5.10. The summed E-state index contributed by atoms with van der Waals surface area (Å²) in [5.41, 5.74) is -0.476. The molecule has 1 aromatic heterocycles. The van der Waals surface area contributed by atoms with Crippen LogP contribution in [0.15, 0.2) is 35.4 Å². The molecule has 0 spiro atoms. The van der Waals surface area contributed by atoms with E-state index in [9.17, 15) is 18.5 Å². The number of aromatic nitrogens is 2. The molecule has 0 aliphatic carbocycles. The Morgan fingerprint density at radius 1 is 1.40 bits per heavy atom. The third-order valence-electron chi connectivity index (χ3n) is 2.38. The maximum Gasteiger partial charge on any atom is 0.289 e. The maximum absolute atomic E-state index is 12.1. The maximum atomic E-state index is 12.1. The Morgan fingerprint density at radius 2 is 2.10 bits per heavy atom. The van der Waals surface area contributed by atoms with Gasteiger partial charge in [0, 0.05) is 25.4 Å². The molecule has 0 fully saturated rings. The summed E-state index contributed by atoms with van der Waals surface area (Å²) in [7, 11) is -2.33. The van der Waals surface area contributed by atoms with Crippen molar-refractivity contribution in [1.82, 2.24) is 9.78 Å². The van der Waals surface area contributed by atoms with E-state index in [4.69, 9.17) is 11.6 Å². The quantitative estimate of drug-likeness (QED) is 0.683. The number of hydrogen-bond donors (Lipinski definition) is 1. The topological polar surface area (TPSA) is 107 Å². The number of nitrogens with zero attached hydrogens (tertiary/aromatic N) is 3. The number of anilines is 1. The second-order valence-corrected chi connectivity index (χ2v) is 5.94. The molecule has 2 rings (SSSR count). The third-order valence-corrected chi connectivity index (χ3v) is 4.05. The van der Waals surface area contributed by atoms with Crippen LogP contribution in [0.3, 0.4) is 0 Å². The monoisotopic (exact) mass is 316 g/mol. The van der Waals surface area contributed by atoms with Crippen LogP contribution in [0.4, 0.5) is 11.5 Å². The van der Waals surface area contributed by atoms with Crippen LogP contribution in [0.5, 0.6) is 0 Å². The van der Waals surface area contributed by atoms with Crippen LogP contribution in [0, 0.1) is 10.1 Å². The van der Waals surface area contributed by atoms with Crippen LogP contribution < -0.4 is 4.72 Å². The summed E-state index contributed by atoms with van der Waals surface area (Å²) >= 11 is 5.63. The summed E-state index contributed by atoms with van der Waals surface area (Å²) in [4.78, 5) is 9.74. The molecule has 0 radical (unpaired) electrons. The average molecular weight is 317 g/mol. The van der Waals surface area contributed by atoms with E-state index in [2.05, 4.69) is 9.82 Å². The van der Waals surface area contributed by atoms with Crippen LogP contribution >= 0.6 is 11.6 Å². The molecule has 0 unspecified atom stereocenters. The lowest BCUT2D eigenvalue weighted by Gasteiger charge is -2.05. The van der Waals surface area contributed by atoms with Gasteiger partial charge >= 0.3 is 0 Å². The molecule has 0 bridgehead atoms. The molecule has 0 aliphatic rings. The molecule has 0 atom stereocenters. The summed E-state index contributed by atoms with van der Waals surface area (Å²) in [6.07, 6.45) is 1.56. The molecule has 1 N–H and O–H groups in total. The number of nitro groups is 1. The van der Waals surface area contributed by atoms with E-state index in [-0.39, 0.29) is 15.7 Å². The Hall–Kier alpha value is -2.13. The molecule has 2 aromatic rings. The molecule has 0 saturated heterocycles. The Balaban J connectivity index is 2.39. The van der Waals surface area contributed by atoms with Gasteiger partial charge in [0.25, 0.3) is 15.7 Å². The second-order valence-electron chi connectivity index (χ2n) is 3.85. The number of halogens is 1. The fourth-order valence-electron chi connectivity index (χ4n) is 1.47. The summed E-state index contributed by atoms with van der Waals surface area (Å²) in [5.74, 6) is 0.116. The molecule has 1 aromatic carbocycles. The smallest absolute Gasteiger partial charge is 0.274 e. The molecule has 0 aliphatic heterocycles. The number of hydrogen-bond acceptors (Lipinski definition) is 5. The summed E-state index contributed by atoms with van der Waals surface area (Å²) < 4.78 is 27.8. The minimum Gasteiger partial charge on any atom is -0.274 e. The lowest BCUT2D eigenvalue weighted by atomic mass is 10.3. The normalized spacial score (nSPS) is 11.3. The number of benzene rings is 1. The van der Waals surface area contributed by atoms with Gasteiger partial charge in [-0.1, -0.05) is 11.6 Å². The van der Waals surface area contributed by atoms with Crippen molar-refractivity contribution in [3.8, 4) is 0 Å². The Bertz CT molecular complexity index is 771. The number of rotatable bonds is 4. The van der Waals surface area contributed by atoms with Crippen LogP contribution in [0.25, 0.3) is 0 Å². The molecule has 0 amide bonds. The fraction of sp³-hybridized carbons (Fsp3) is 0.100. The highest BCUT2D eigenvalue weighted by atomic mass is 35.5. The van der Waals surface area contributed by atoms with Crippen molar-refractivity contribution in [3.05, 3.63) is 45.6 Å². The summed E-state index contributed by atoms with van der Waals surface area (Å²) in [6, 6.07) is 4.70. The van der Waals surface area contributed by atoms with Crippen molar-refractivity contribution in [1.29, 1.82) is 0 Å². The molecule has 20 heavy (non-hydrogen) atoms. The molecular weight excluding hydrogens is 308 g/mol. The Kier molecular flexibility index (Phi) is 3.64. The van der Waals surface area contributed by atoms with Gasteiger partial charge in [0.2, 0.25) is 0 Å². The van der Waals surface area contributed by atoms with E-state index in [1.165, 1.54) is 16.8 Å². The predicted octanol–water partition coefficient (Wildman–Crippen LogP) is 1.78. The Labute approximate surface area is 119 Å². The first-order chi connectivity index (χ1) is 9.29. The van der Waals surface area contributed by atoms with Crippen LogP contribution in [-0.2, 0) is 17.1 Å². The zero-order chi connectivity index (χ0) is 14.9. The lowest BCUT2D eigenvalue weighted by Crippen LogP contribution is -2.13. The van der Waals surface area contributed by atoms with Crippen molar-refractivity contribution < 1.29 is 13.3 Å². The molecule has 0 saturated carbocycles. The van der Waals surface area contributed by atoms with Gasteiger partial charge in [-0.15, -0.1) is 0 Å². The van der Waals surface area contributed by atoms with Gasteiger partial charge in [0.1, 0.15) is 5.02 Å². The number of sulfonamides is 1. The van der Waals surface area contributed by atoms with E-state index in [1.807, 2.05) is 0 Å². The average Bonchev–Trinajstić information content (AvgIpc) is 2.73. The highest BCUT2D eigenvalue weighted by molar-refractivity contribution is 7.92. The van der Waals surface area contributed by atoms with Crippen molar-refractivity contribution in [2.24, 2.45) is 7.05 Å². The fourth-order valence-corrected chi connectivity index (χ4v) is 2.67. The Morgan fingerprint density at radius 3 is 2.65 bits per heavy atom. The molecular formula is C10H9ClN4O4S. The van der Waals surface area contributed by atoms with E-state index >= 15 is 0 Å². The first-order valence-corrected chi connectivity index (χ1v) is 7.12. The van der Waals surface area contributed by atoms with Crippen LogP contribution in [0.2, 0.25) is 5.02 Å². The molecule has 8 nitrogen and oxygen atoms in total. The number of nitro benzene ring substituents is 1. The zero-order valence-corrected chi connectivity index (χ0v) is 11.7. The molecule has 106 valence electrons. The minimum atomic E-state index is -3.96. The van der Waals surface area contributed by atoms with Gasteiger partial charge < -0.3 is 0 Å². The lowest BCUT2D eigenvalue weighted by molar-refractivity contribution is -0.384. The van der Waals surface area contributed by atoms with Gasteiger partial charge in [-0.3, -0.25) is 19.5 Å². The first kappa shape index (κ1) is 14.3. The molecule has 10 heteroatoms. The highest BCUT2D eigenvalue weighted by Crippen LogP contribution is 2.27. The van der Waals surface area contributed by atoms with E-state index < -0.39 is 20.6 Å². The van der Waals surface area contributed by atoms with Gasteiger partial charge in [0.15, 0.2) is 5.82 Å². The minimum absolute atomic E-state index is 0.116. The standard InChI is InChI=1S/C10H9ClN4O4S/c1-14-5-4-10(12-14)13-20(18,19)7-2-3-8(11)9(6-7)15(16)17/h2-6H,1H3,(H,12,13). The third kappa shape index (κ3) is 2.89. The van der Waals surface area contributed by atoms with E-state index in [0.717, 1.165) is 12.1 Å². The SMILES string of the molecule is Cn1ccc(NS(=O)(=O)c2ccc(Cl)c([N+](=O)[O-])c2)n1. The predicted molar refractivity (Wildman–Crippen MR) is 72.1 cm³/mol. The van der Waals surface area contributed by atoms with Crippen LogP contribution in [0.1, 0.15) is 0 Å². The van der Waals surface area contributed by atoms with Crippen molar-refractivity contribution in [3.63, 3.8) is 0 Å². The van der Waals surface area contributed by atoms with Crippen molar-refractivity contribution in [2.45, 2.75) is 4.90 Å². The summed E-state index contributed by atoms with van der Waals surface area (Å²) in [5, 5.41) is 14.5. The zero-order valence-electron chi connectivity index (χ0n) is 10.1. The largest absolute Gasteiger partial charge is 0.289 e. The van der Waals surface area contributed by atoms with E-state index in [1.54, 1.807) is 13.2 Å². The van der Waals surface area contributed by atoms with Gasteiger partial charge in [-0.05, 0) is 12.1 Å². The van der Waals surface area contributed by atoms with E-state index in [0.29, 0.717) is 0 Å². The van der Waals surface area contributed by atoms with Gasteiger partial charge in [-0.2, -0.15) is 5.10 Å². The van der Waals surface area contributed by atoms with Gasteiger partial charge in [-0.25, -0.2) is 8.42 Å². The number of aryl methyl sites for hydroxylation is 1.